The Balaban J connectivity index is 1.40. The number of carbonyl (C=O) groups excluding carboxylic acids is 3. The van der Waals surface area contributed by atoms with Crippen LogP contribution in [0.3, 0.4) is 0 Å². The second-order valence-corrected chi connectivity index (χ2v) is 9.88. The molecule has 35 heavy (non-hydrogen) atoms. The molecule has 3 N–H and O–H groups in total. The summed E-state index contributed by atoms with van der Waals surface area (Å²) in [5, 5.41) is 7.52. The van der Waals surface area contributed by atoms with Gasteiger partial charge in [0.25, 0.3) is 5.91 Å². The smallest absolute Gasteiger partial charge is 0.410 e. The van der Waals surface area contributed by atoms with Gasteiger partial charge in [-0.2, -0.15) is 5.10 Å². The van der Waals surface area contributed by atoms with Gasteiger partial charge in [-0.3, -0.25) is 9.48 Å². The lowest BCUT2D eigenvalue weighted by Crippen LogP contribution is -2.52. The fourth-order valence-corrected chi connectivity index (χ4v) is 4.39. The summed E-state index contributed by atoms with van der Waals surface area (Å²) >= 11 is 0. The molecule has 2 aliphatic rings. The molecule has 10 nitrogen and oxygen atoms in total. The zero-order chi connectivity index (χ0) is 25.3. The number of benzene rings is 1. The fourth-order valence-electron chi connectivity index (χ4n) is 4.39. The van der Waals surface area contributed by atoms with Crippen molar-refractivity contribution in [1.29, 1.82) is 0 Å². The molecule has 1 saturated heterocycles. The summed E-state index contributed by atoms with van der Waals surface area (Å²) in [6.07, 6.45) is 0.889. The van der Waals surface area contributed by atoms with Crippen LogP contribution >= 0.6 is 0 Å². The summed E-state index contributed by atoms with van der Waals surface area (Å²) in [7, 11) is 0. The van der Waals surface area contributed by atoms with E-state index >= 15 is 0 Å². The van der Waals surface area contributed by atoms with Crippen molar-refractivity contribution in [2.24, 2.45) is 5.73 Å². The minimum absolute atomic E-state index is 0.0773. The fraction of sp³-hybridized carbons (Fsp3) is 0.500. The van der Waals surface area contributed by atoms with E-state index in [1.165, 1.54) is 12.1 Å². The van der Waals surface area contributed by atoms with Gasteiger partial charge in [0.15, 0.2) is 0 Å². The van der Waals surface area contributed by atoms with Gasteiger partial charge in [-0.25, -0.2) is 14.0 Å². The number of likely N-dealkylation sites (tertiary alicyclic amines) is 1. The molecule has 0 unspecified atom stereocenters. The van der Waals surface area contributed by atoms with Crippen LogP contribution in [-0.4, -0.2) is 68.9 Å². The second kappa shape index (κ2) is 9.55. The molecule has 0 atom stereocenters. The first-order valence-electron chi connectivity index (χ1n) is 11.7. The first-order valence-corrected chi connectivity index (χ1v) is 11.7. The minimum atomic E-state index is -0.678. The zero-order valence-electron chi connectivity index (χ0n) is 20.2. The van der Waals surface area contributed by atoms with Crippen molar-refractivity contribution in [2.45, 2.75) is 58.3 Å². The van der Waals surface area contributed by atoms with E-state index in [2.05, 4.69) is 10.4 Å². The van der Waals surface area contributed by atoms with Crippen LogP contribution in [0.5, 0.6) is 0 Å². The van der Waals surface area contributed by atoms with Crippen LogP contribution in [0.25, 0.3) is 11.3 Å². The van der Waals surface area contributed by atoms with Crippen LogP contribution in [0, 0.1) is 5.82 Å². The Labute approximate surface area is 203 Å². The van der Waals surface area contributed by atoms with Gasteiger partial charge in [-0.1, -0.05) is 12.1 Å². The molecule has 3 heterocycles. The van der Waals surface area contributed by atoms with Crippen molar-refractivity contribution in [3.63, 3.8) is 0 Å². The lowest BCUT2D eigenvalue weighted by atomic mass is 10.0. The van der Waals surface area contributed by atoms with Crippen LogP contribution < -0.4 is 11.1 Å². The van der Waals surface area contributed by atoms with Crippen molar-refractivity contribution in [2.75, 3.05) is 19.6 Å². The van der Waals surface area contributed by atoms with E-state index in [0.717, 1.165) is 0 Å². The molecule has 2 aromatic rings. The Morgan fingerprint density at radius 1 is 1.11 bits per heavy atom. The summed E-state index contributed by atoms with van der Waals surface area (Å²) < 4.78 is 20.8. The molecular weight excluding hydrogens is 455 g/mol. The van der Waals surface area contributed by atoms with E-state index in [4.69, 9.17) is 10.5 Å². The Morgan fingerprint density at radius 2 is 1.83 bits per heavy atom. The van der Waals surface area contributed by atoms with Crippen LogP contribution in [0.15, 0.2) is 24.3 Å². The number of piperidine rings is 1. The summed E-state index contributed by atoms with van der Waals surface area (Å²) in [6, 6.07) is 5.49. The lowest BCUT2D eigenvalue weighted by Gasteiger charge is -2.35. The van der Waals surface area contributed by atoms with Crippen LogP contribution in [0.1, 0.15) is 49.7 Å². The third-order valence-corrected chi connectivity index (χ3v) is 6.09. The molecule has 0 aliphatic carbocycles. The quantitative estimate of drug-likeness (QED) is 0.691. The van der Waals surface area contributed by atoms with Gasteiger partial charge in [0.2, 0.25) is 0 Å². The number of hydrogen-bond acceptors (Lipinski definition) is 5. The van der Waals surface area contributed by atoms with Gasteiger partial charge in [0, 0.05) is 31.2 Å². The van der Waals surface area contributed by atoms with Crippen molar-refractivity contribution >= 4 is 18.0 Å². The number of ether oxygens (including phenoxy) is 1. The van der Waals surface area contributed by atoms with Crippen LogP contribution in [-0.2, 0) is 17.8 Å². The first-order chi connectivity index (χ1) is 16.5. The van der Waals surface area contributed by atoms with E-state index in [1.807, 2.05) is 20.8 Å². The number of nitrogens with two attached hydrogens (primary N) is 1. The Bertz CT molecular complexity index is 1130. The summed E-state index contributed by atoms with van der Waals surface area (Å²) in [4.78, 5) is 40.8. The summed E-state index contributed by atoms with van der Waals surface area (Å²) in [5.41, 5.74) is 6.58. The second-order valence-electron chi connectivity index (χ2n) is 9.88. The standard InChI is InChI=1S/C24H31FN6O4/c1-24(2,3)35-23(34)29-9-7-17(8-10-29)27-22(33)30-11-12-31-18(14-30)19(21(26)32)20(28-31)15-5-4-6-16(25)13-15/h4-6,13,17H,7-12,14H2,1-3H3,(H2,26,32)(H,27,33). The van der Waals surface area contributed by atoms with E-state index in [9.17, 15) is 18.8 Å². The molecule has 0 bridgehead atoms. The maximum Gasteiger partial charge on any atom is 0.410 e. The number of nitrogens with zero attached hydrogens (tertiary/aromatic N) is 4. The number of halogens is 1. The van der Waals surface area contributed by atoms with Gasteiger partial charge >= 0.3 is 12.1 Å². The van der Waals surface area contributed by atoms with E-state index in [0.29, 0.717) is 56.0 Å². The predicted molar refractivity (Wildman–Crippen MR) is 126 cm³/mol. The van der Waals surface area contributed by atoms with Gasteiger partial charge in [0.05, 0.1) is 24.3 Å². The number of hydrogen-bond donors (Lipinski definition) is 2. The van der Waals surface area contributed by atoms with Crippen molar-refractivity contribution in [3.8, 4) is 11.3 Å². The topological polar surface area (TPSA) is 123 Å². The number of aromatic nitrogens is 2. The summed E-state index contributed by atoms with van der Waals surface area (Å²) in [5.74, 6) is -1.12. The molecule has 11 heteroatoms. The molecule has 0 spiro atoms. The van der Waals surface area contributed by atoms with Crippen LogP contribution in [0.2, 0.25) is 0 Å². The highest BCUT2D eigenvalue weighted by atomic mass is 19.1. The normalized spacial score (nSPS) is 16.6. The molecular formula is C24H31FN6O4. The molecule has 2 aliphatic heterocycles. The highest BCUT2D eigenvalue weighted by Crippen LogP contribution is 2.28. The molecule has 1 fully saturated rings. The predicted octanol–water partition coefficient (Wildman–Crippen LogP) is 2.71. The zero-order valence-corrected chi connectivity index (χ0v) is 20.2. The van der Waals surface area contributed by atoms with Crippen molar-refractivity contribution < 1.29 is 23.5 Å². The first kappa shape index (κ1) is 24.5. The number of fused-ring (bicyclic) bond motifs is 1. The van der Waals surface area contributed by atoms with Gasteiger partial charge in [-0.15, -0.1) is 0 Å². The summed E-state index contributed by atoms with van der Waals surface area (Å²) in [6.45, 7) is 7.41. The monoisotopic (exact) mass is 486 g/mol. The van der Waals surface area contributed by atoms with E-state index in [-0.39, 0.29) is 30.3 Å². The highest BCUT2D eigenvalue weighted by Gasteiger charge is 2.32. The molecule has 4 amide bonds. The molecule has 1 aromatic carbocycles. The third kappa shape index (κ3) is 5.55. The number of urea groups is 1. The van der Waals surface area contributed by atoms with E-state index < -0.39 is 17.3 Å². The Morgan fingerprint density at radius 3 is 2.46 bits per heavy atom. The van der Waals surface area contributed by atoms with E-state index in [1.54, 1.807) is 26.6 Å². The average molecular weight is 487 g/mol. The molecule has 188 valence electrons. The average Bonchev–Trinajstić information content (AvgIpc) is 3.17. The number of rotatable bonds is 3. The van der Waals surface area contributed by atoms with Gasteiger partial charge in [0.1, 0.15) is 17.1 Å². The molecule has 1 aromatic heterocycles. The molecule has 4 rings (SSSR count). The maximum absolute atomic E-state index is 13.8. The minimum Gasteiger partial charge on any atom is -0.444 e. The molecule has 0 radical (unpaired) electrons. The number of amides is 4. The van der Waals surface area contributed by atoms with Gasteiger partial charge in [-0.05, 0) is 45.7 Å². The number of primary amides is 1. The lowest BCUT2D eigenvalue weighted by molar-refractivity contribution is 0.0200. The van der Waals surface area contributed by atoms with Crippen LogP contribution in [0.4, 0.5) is 14.0 Å². The Hall–Kier alpha value is -3.63. The van der Waals surface area contributed by atoms with Crippen molar-refractivity contribution in [1.82, 2.24) is 24.9 Å². The largest absolute Gasteiger partial charge is 0.444 e. The Kier molecular flexibility index (Phi) is 6.68. The third-order valence-electron chi connectivity index (χ3n) is 6.09. The number of carbonyl (C=O) groups is 3. The maximum atomic E-state index is 13.8. The SMILES string of the molecule is CC(C)(C)OC(=O)N1CCC(NC(=O)N2CCn3nc(-c4cccc(F)c4)c(C(N)=O)c3C2)CC1. The number of nitrogens with one attached hydrogen (secondary N) is 1. The highest BCUT2D eigenvalue weighted by molar-refractivity contribution is 6.00. The van der Waals surface area contributed by atoms with Crippen molar-refractivity contribution in [3.05, 3.63) is 41.3 Å². The van der Waals surface area contributed by atoms with Gasteiger partial charge < -0.3 is 25.6 Å². The molecule has 0 saturated carbocycles.